The van der Waals surface area contributed by atoms with E-state index in [-0.39, 0.29) is 12.3 Å². The molecule has 0 fully saturated rings. The zero-order chi connectivity index (χ0) is 15.2. The summed E-state index contributed by atoms with van der Waals surface area (Å²) in [5.74, 6) is -0.455. The summed E-state index contributed by atoms with van der Waals surface area (Å²) >= 11 is 0. The Hall–Kier alpha value is -3.01. The number of aromatic nitrogens is 2. The number of carbonyl (C=O) groups is 1. The highest BCUT2D eigenvalue weighted by Gasteiger charge is 2.11. The van der Waals surface area contributed by atoms with Crippen molar-refractivity contribution < 1.29 is 9.53 Å². The minimum absolute atomic E-state index is 0.227. The Labute approximate surface area is 128 Å². The van der Waals surface area contributed by atoms with E-state index in [1.807, 2.05) is 60.7 Å². The second kappa shape index (κ2) is 6.63. The lowest BCUT2D eigenvalue weighted by Crippen LogP contribution is -2.08. The van der Waals surface area contributed by atoms with Crippen molar-refractivity contribution in [2.24, 2.45) is 0 Å². The fourth-order valence-corrected chi connectivity index (χ4v) is 2.03. The maximum Gasteiger partial charge on any atom is 0.357 e. The molecule has 0 aliphatic rings. The summed E-state index contributed by atoms with van der Waals surface area (Å²) in [4.78, 5) is 20.3. The van der Waals surface area contributed by atoms with Crippen LogP contribution in [-0.2, 0) is 11.3 Å². The van der Waals surface area contributed by atoms with Crippen LogP contribution in [0.5, 0.6) is 0 Å². The molecule has 1 heterocycles. The molecule has 0 unspecified atom stereocenters. The minimum atomic E-state index is -0.455. The van der Waals surface area contributed by atoms with Crippen molar-refractivity contribution >= 4 is 5.97 Å². The summed E-state index contributed by atoms with van der Waals surface area (Å²) in [7, 11) is 0. The molecule has 3 aromatic rings. The molecule has 0 N–H and O–H groups in total. The Balaban J connectivity index is 1.73. The highest BCUT2D eigenvalue weighted by Crippen LogP contribution is 2.16. The molecule has 22 heavy (non-hydrogen) atoms. The van der Waals surface area contributed by atoms with Gasteiger partial charge in [0.1, 0.15) is 12.9 Å². The number of carbonyl (C=O) groups excluding carboxylic acids is 1. The maximum absolute atomic E-state index is 12.1. The van der Waals surface area contributed by atoms with Crippen molar-refractivity contribution in [3.8, 4) is 11.3 Å². The van der Waals surface area contributed by atoms with E-state index in [0.29, 0.717) is 5.69 Å². The summed E-state index contributed by atoms with van der Waals surface area (Å²) in [5.41, 5.74) is 2.82. The molecule has 1 aromatic heterocycles. The van der Waals surface area contributed by atoms with Gasteiger partial charge in [0, 0.05) is 5.56 Å². The summed E-state index contributed by atoms with van der Waals surface area (Å²) in [6, 6.07) is 20.8. The van der Waals surface area contributed by atoms with Crippen LogP contribution in [0.2, 0.25) is 0 Å². The molecular weight excluding hydrogens is 276 g/mol. The third kappa shape index (κ3) is 3.35. The zero-order valence-electron chi connectivity index (χ0n) is 11.8. The molecule has 0 saturated carbocycles. The van der Waals surface area contributed by atoms with Gasteiger partial charge in [-0.3, -0.25) is 0 Å². The Kier molecular flexibility index (Phi) is 4.20. The Morgan fingerprint density at radius 2 is 1.59 bits per heavy atom. The van der Waals surface area contributed by atoms with Gasteiger partial charge in [-0.1, -0.05) is 60.7 Å². The van der Waals surface area contributed by atoms with E-state index in [9.17, 15) is 4.79 Å². The van der Waals surface area contributed by atoms with Crippen LogP contribution in [0.15, 0.2) is 73.1 Å². The molecule has 0 saturated heterocycles. The summed E-state index contributed by atoms with van der Waals surface area (Å²) in [6.45, 7) is 0.227. The van der Waals surface area contributed by atoms with Crippen LogP contribution >= 0.6 is 0 Å². The highest BCUT2D eigenvalue weighted by molar-refractivity contribution is 5.88. The van der Waals surface area contributed by atoms with Gasteiger partial charge in [-0.25, -0.2) is 14.8 Å². The second-order valence-corrected chi connectivity index (χ2v) is 4.72. The molecule has 0 amide bonds. The van der Waals surface area contributed by atoms with Gasteiger partial charge in [0.2, 0.25) is 0 Å². The predicted molar refractivity (Wildman–Crippen MR) is 83.0 cm³/mol. The van der Waals surface area contributed by atoms with Gasteiger partial charge in [-0.2, -0.15) is 0 Å². The SMILES string of the molecule is O=C(OCc1ccccc1)c1cc(-c2ccccc2)ncn1. The van der Waals surface area contributed by atoms with E-state index in [0.717, 1.165) is 11.1 Å². The number of benzene rings is 2. The summed E-state index contributed by atoms with van der Waals surface area (Å²) < 4.78 is 5.28. The normalized spacial score (nSPS) is 10.2. The van der Waals surface area contributed by atoms with Crippen LogP contribution < -0.4 is 0 Å². The number of nitrogens with zero attached hydrogens (tertiary/aromatic N) is 2. The standard InChI is InChI=1S/C18H14N2O2/c21-18(22-12-14-7-3-1-4-8-14)17-11-16(19-13-20-17)15-9-5-2-6-10-15/h1-11,13H,12H2. The Morgan fingerprint density at radius 3 is 2.32 bits per heavy atom. The average Bonchev–Trinajstić information content (AvgIpc) is 2.61. The van der Waals surface area contributed by atoms with Crippen LogP contribution in [-0.4, -0.2) is 15.9 Å². The first-order valence-corrected chi connectivity index (χ1v) is 6.91. The predicted octanol–water partition coefficient (Wildman–Crippen LogP) is 3.50. The van der Waals surface area contributed by atoms with Gasteiger partial charge < -0.3 is 4.74 Å². The number of ether oxygens (including phenoxy) is 1. The van der Waals surface area contributed by atoms with Crippen LogP contribution in [0, 0.1) is 0 Å². The molecule has 0 atom stereocenters. The van der Waals surface area contributed by atoms with Crippen molar-refractivity contribution in [1.29, 1.82) is 0 Å². The molecule has 108 valence electrons. The minimum Gasteiger partial charge on any atom is -0.456 e. The lowest BCUT2D eigenvalue weighted by molar-refractivity contribution is 0.0465. The van der Waals surface area contributed by atoms with E-state index in [2.05, 4.69) is 9.97 Å². The molecule has 0 aliphatic carbocycles. The molecule has 3 rings (SSSR count). The van der Waals surface area contributed by atoms with Crippen molar-refractivity contribution in [2.45, 2.75) is 6.61 Å². The number of hydrogen-bond donors (Lipinski definition) is 0. The van der Waals surface area contributed by atoms with Gasteiger partial charge in [-0.05, 0) is 11.6 Å². The van der Waals surface area contributed by atoms with Crippen LogP contribution in [0.25, 0.3) is 11.3 Å². The third-order valence-corrected chi connectivity index (χ3v) is 3.16. The molecule has 0 aliphatic heterocycles. The van der Waals surface area contributed by atoms with E-state index >= 15 is 0 Å². The van der Waals surface area contributed by atoms with Crippen LogP contribution in [0.3, 0.4) is 0 Å². The largest absolute Gasteiger partial charge is 0.456 e. The smallest absolute Gasteiger partial charge is 0.357 e. The molecule has 0 spiro atoms. The Bertz CT molecular complexity index is 758. The number of rotatable bonds is 4. The van der Waals surface area contributed by atoms with Gasteiger partial charge in [0.25, 0.3) is 0 Å². The van der Waals surface area contributed by atoms with Crippen molar-refractivity contribution in [2.75, 3.05) is 0 Å². The van der Waals surface area contributed by atoms with E-state index in [1.165, 1.54) is 6.33 Å². The van der Waals surface area contributed by atoms with Crippen molar-refractivity contribution in [3.05, 3.63) is 84.3 Å². The number of hydrogen-bond acceptors (Lipinski definition) is 4. The molecule has 0 bridgehead atoms. The monoisotopic (exact) mass is 290 g/mol. The van der Waals surface area contributed by atoms with Crippen LogP contribution in [0.4, 0.5) is 0 Å². The van der Waals surface area contributed by atoms with Gasteiger partial charge in [-0.15, -0.1) is 0 Å². The third-order valence-electron chi connectivity index (χ3n) is 3.16. The summed E-state index contributed by atoms with van der Waals surface area (Å²) in [5, 5.41) is 0. The van der Waals surface area contributed by atoms with Crippen molar-refractivity contribution in [3.63, 3.8) is 0 Å². The summed E-state index contributed by atoms with van der Waals surface area (Å²) in [6.07, 6.45) is 1.38. The average molecular weight is 290 g/mol. The van der Waals surface area contributed by atoms with Gasteiger partial charge in [0.15, 0.2) is 5.69 Å². The lowest BCUT2D eigenvalue weighted by atomic mass is 10.1. The maximum atomic E-state index is 12.1. The molecule has 0 radical (unpaired) electrons. The lowest BCUT2D eigenvalue weighted by Gasteiger charge is -2.05. The first kappa shape index (κ1) is 13.9. The van der Waals surface area contributed by atoms with E-state index in [1.54, 1.807) is 6.07 Å². The highest BCUT2D eigenvalue weighted by atomic mass is 16.5. The van der Waals surface area contributed by atoms with E-state index < -0.39 is 5.97 Å². The molecular formula is C18H14N2O2. The first-order valence-electron chi connectivity index (χ1n) is 6.91. The quantitative estimate of drug-likeness (QED) is 0.690. The molecule has 2 aromatic carbocycles. The van der Waals surface area contributed by atoms with Crippen molar-refractivity contribution in [1.82, 2.24) is 9.97 Å². The van der Waals surface area contributed by atoms with Gasteiger partial charge >= 0.3 is 5.97 Å². The van der Waals surface area contributed by atoms with Gasteiger partial charge in [0.05, 0.1) is 5.69 Å². The number of esters is 1. The Morgan fingerprint density at radius 1 is 0.909 bits per heavy atom. The fraction of sp³-hybridized carbons (Fsp3) is 0.0556. The van der Waals surface area contributed by atoms with E-state index in [4.69, 9.17) is 4.74 Å². The zero-order valence-corrected chi connectivity index (χ0v) is 11.8. The topological polar surface area (TPSA) is 52.1 Å². The fourth-order valence-electron chi connectivity index (χ4n) is 2.03. The molecule has 4 heteroatoms. The second-order valence-electron chi connectivity index (χ2n) is 4.72. The first-order chi connectivity index (χ1) is 10.8. The van der Waals surface area contributed by atoms with Crippen LogP contribution in [0.1, 0.15) is 16.1 Å². The molecule has 4 nitrogen and oxygen atoms in total.